The van der Waals surface area contributed by atoms with Gasteiger partial charge in [-0.05, 0) is 36.4 Å². The van der Waals surface area contributed by atoms with Crippen LogP contribution in [0.5, 0.6) is 5.75 Å². The van der Waals surface area contributed by atoms with Crippen LogP contribution in [0.2, 0.25) is 0 Å². The number of allylic oxidation sites excluding steroid dienone is 2. The number of benzene rings is 2. The van der Waals surface area contributed by atoms with Crippen molar-refractivity contribution in [1.29, 1.82) is 5.26 Å². The van der Waals surface area contributed by atoms with Crippen molar-refractivity contribution in [2.45, 2.75) is 19.4 Å². The Morgan fingerprint density at radius 1 is 1.12 bits per heavy atom. The maximum absolute atomic E-state index is 12.9. The summed E-state index contributed by atoms with van der Waals surface area (Å²) in [7, 11) is 1.55. The van der Waals surface area contributed by atoms with E-state index >= 15 is 0 Å². The molecule has 0 spiro atoms. The van der Waals surface area contributed by atoms with Gasteiger partial charge in [0.1, 0.15) is 19.0 Å². The fourth-order valence-electron chi connectivity index (χ4n) is 3.47. The third-order valence-electron chi connectivity index (χ3n) is 5.05. The quantitative estimate of drug-likeness (QED) is 0.445. The Bertz CT molecular complexity index is 1040. The summed E-state index contributed by atoms with van der Waals surface area (Å²) >= 11 is 1.44. The normalized spacial score (nSPS) is 15.8. The predicted molar refractivity (Wildman–Crippen MR) is 125 cm³/mol. The molecule has 0 fully saturated rings. The van der Waals surface area contributed by atoms with Gasteiger partial charge in [0.25, 0.3) is 0 Å². The molecular formula is C25H26N2O4S. The van der Waals surface area contributed by atoms with Gasteiger partial charge in [-0.15, -0.1) is 11.8 Å². The van der Waals surface area contributed by atoms with Gasteiger partial charge >= 0.3 is 5.97 Å². The second-order valence-corrected chi connectivity index (χ2v) is 7.94. The largest absolute Gasteiger partial charge is 0.489 e. The molecule has 0 saturated carbocycles. The highest BCUT2D eigenvalue weighted by Crippen LogP contribution is 2.40. The fourth-order valence-corrected chi connectivity index (χ4v) is 4.11. The van der Waals surface area contributed by atoms with E-state index in [9.17, 15) is 10.1 Å². The van der Waals surface area contributed by atoms with Gasteiger partial charge in [0.05, 0.1) is 34.8 Å². The highest BCUT2D eigenvalue weighted by molar-refractivity contribution is 8.02. The highest BCUT2D eigenvalue weighted by atomic mass is 32.2. The summed E-state index contributed by atoms with van der Waals surface area (Å²) in [6.07, 6.45) is 1.90. The minimum atomic E-state index is -0.526. The van der Waals surface area contributed by atoms with Crippen LogP contribution in [-0.2, 0) is 20.9 Å². The van der Waals surface area contributed by atoms with E-state index in [-0.39, 0.29) is 6.61 Å². The molecule has 2 aromatic carbocycles. The second kappa shape index (κ2) is 11.4. The number of esters is 1. The van der Waals surface area contributed by atoms with E-state index in [0.29, 0.717) is 35.8 Å². The van der Waals surface area contributed by atoms with Crippen molar-refractivity contribution in [2.24, 2.45) is 0 Å². The van der Waals surface area contributed by atoms with Gasteiger partial charge in [-0.1, -0.05) is 42.5 Å². The van der Waals surface area contributed by atoms with E-state index in [2.05, 4.69) is 11.4 Å². The lowest BCUT2D eigenvalue weighted by Crippen LogP contribution is -2.29. The molecule has 0 unspecified atom stereocenters. The van der Waals surface area contributed by atoms with Crippen molar-refractivity contribution in [2.75, 3.05) is 26.6 Å². The van der Waals surface area contributed by atoms with Crippen LogP contribution in [0.25, 0.3) is 0 Å². The average molecular weight is 451 g/mol. The average Bonchev–Trinajstić information content (AvgIpc) is 2.83. The first-order valence-corrected chi connectivity index (χ1v) is 11.4. The number of nitrogens with zero attached hydrogens (tertiary/aromatic N) is 1. The molecule has 1 N–H and O–H groups in total. The molecule has 0 aliphatic carbocycles. The van der Waals surface area contributed by atoms with Crippen molar-refractivity contribution in [3.63, 3.8) is 0 Å². The number of hydrogen-bond donors (Lipinski definition) is 1. The van der Waals surface area contributed by atoms with Gasteiger partial charge in [-0.2, -0.15) is 5.26 Å². The van der Waals surface area contributed by atoms with Gasteiger partial charge in [0.2, 0.25) is 0 Å². The molecule has 1 aliphatic rings. The molecule has 1 aliphatic heterocycles. The zero-order valence-electron chi connectivity index (χ0n) is 18.4. The van der Waals surface area contributed by atoms with E-state index in [1.807, 2.05) is 67.8 Å². The number of rotatable bonds is 9. The van der Waals surface area contributed by atoms with E-state index in [4.69, 9.17) is 14.2 Å². The van der Waals surface area contributed by atoms with Crippen LogP contribution in [0, 0.1) is 11.3 Å². The lowest BCUT2D eigenvalue weighted by Gasteiger charge is -2.29. The summed E-state index contributed by atoms with van der Waals surface area (Å²) in [6, 6.07) is 19.7. The summed E-state index contributed by atoms with van der Waals surface area (Å²) in [5, 5.41) is 13.8. The Kier molecular flexibility index (Phi) is 8.37. The first kappa shape index (κ1) is 23.5. The highest BCUT2D eigenvalue weighted by Gasteiger charge is 2.35. The summed E-state index contributed by atoms with van der Waals surface area (Å²) in [4.78, 5) is 12.9. The summed E-state index contributed by atoms with van der Waals surface area (Å²) < 4.78 is 16.2. The number of thioether (sulfide) groups is 1. The standard InChI is InChI=1S/C25H26N2O4S/c1-17-22(25(28)30-14-13-29-2)23(21(15-26)24(27-17)32-3)19-9-11-20(12-10-19)31-16-18-7-5-4-6-8-18/h4-12,23,27H,13-14,16H2,1-3H3/t23-/m1/s1. The zero-order chi connectivity index (χ0) is 22.9. The van der Waals surface area contributed by atoms with Crippen LogP contribution in [0.4, 0.5) is 0 Å². The molecule has 166 valence electrons. The number of carbonyl (C=O) groups excluding carboxylic acids is 1. The topological polar surface area (TPSA) is 80.6 Å². The summed E-state index contributed by atoms with van der Waals surface area (Å²) in [5.41, 5.74) is 3.48. The SMILES string of the molecule is COCCOC(=O)C1=C(C)NC(SC)=C(C#N)[C@H]1c1ccc(OCc2ccccc2)cc1. The van der Waals surface area contributed by atoms with Crippen LogP contribution in [0.15, 0.2) is 76.5 Å². The zero-order valence-corrected chi connectivity index (χ0v) is 19.2. The maximum Gasteiger partial charge on any atom is 0.336 e. The first-order chi connectivity index (χ1) is 15.6. The van der Waals surface area contributed by atoms with Gasteiger partial charge < -0.3 is 19.5 Å². The molecule has 6 nitrogen and oxygen atoms in total. The van der Waals surface area contributed by atoms with Gasteiger partial charge in [0.15, 0.2) is 0 Å². The molecule has 3 rings (SSSR count). The van der Waals surface area contributed by atoms with Crippen LogP contribution >= 0.6 is 11.8 Å². The number of methoxy groups -OCH3 is 1. The number of carbonyl (C=O) groups is 1. The fraction of sp³-hybridized carbons (Fsp3) is 0.280. The Morgan fingerprint density at radius 2 is 1.84 bits per heavy atom. The minimum absolute atomic E-state index is 0.145. The third kappa shape index (κ3) is 5.52. The Balaban J connectivity index is 1.87. The van der Waals surface area contributed by atoms with Crippen molar-refractivity contribution < 1.29 is 19.0 Å². The third-order valence-corrected chi connectivity index (χ3v) is 5.78. The molecule has 2 aromatic rings. The van der Waals surface area contributed by atoms with Crippen molar-refractivity contribution in [1.82, 2.24) is 5.32 Å². The summed E-state index contributed by atoms with van der Waals surface area (Å²) in [6.45, 7) is 2.73. The van der Waals surface area contributed by atoms with E-state index in [0.717, 1.165) is 16.2 Å². The predicted octanol–water partition coefficient (Wildman–Crippen LogP) is 4.51. The number of dihydropyridines is 1. The Labute approximate surface area is 192 Å². The molecule has 7 heteroatoms. The van der Waals surface area contributed by atoms with Gasteiger partial charge in [-0.3, -0.25) is 0 Å². The number of hydrogen-bond acceptors (Lipinski definition) is 7. The van der Waals surface area contributed by atoms with Crippen molar-refractivity contribution in [3.8, 4) is 11.8 Å². The first-order valence-electron chi connectivity index (χ1n) is 10.2. The van der Waals surface area contributed by atoms with Crippen LogP contribution in [0.1, 0.15) is 24.0 Å². The summed E-state index contributed by atoms with van der Waals surface area (Å²) in [5.74, 6) is -0.277. The van der Waals surface area contributed by atoms with Gasteiger partial charge in [0, 0.05) is 12.8 Å². The van der Waals surface area contributed by atoms with Crippen LogP contribution in [-0.4, -0.2) is 32.5 Å². The number of nitriles is 1. The smallest absolute Gasteiger partial charge is 0.336 e. The number of nitrogens with one attached hydrogen (secondary N) is 1. The van der Waals surface area contributed by atoms with Crippen LogP contribution < -0.4 is 10.1 Å². The van der Waals surface area contributed by atoms with E-state index in [1.165, 1.54) is 11.8 Å². The Hall–Kier alpha value is -3.21. The number of ether oxygens (including phenoxy) is 3. The molecule has 0 amide bonds. The molecular weight excluding hydrogens is 424 g/mol. The molecule has 32 heavy (non-hydrogen) atoms. The molecule has 1 atom stereocenters. The second-order valence-electron chi connectivity index (χ2n) is 7.13. The lowest BCUT2D eigenvalue weighted by molar-refractivity contribution is -0.140. The van der Waals surface area contributed by atoms with Crippen LogP contribution in [0.3, 0.4) is 0 Å². The van der Waals surface area contributed by atoms with E-state index < -0.39 is 11.9 Å². The molecule has 1 heterocycles. The lowest BCUT2D eigenvalue weighted by atomic mass is 9.82. The molecule has 0 aromatic heterocycles. The molecule has 0 saturated heterocycles. The molecule has 0 radical (unpaired) electrons. The van der Waals surface area contributed by atoms with E-state index in [1.54, 1.807) is 7.11 Å². The molecule has 0 bridgehead atoms. The minimum Gasteiger partial charge on any atom is -0.489 e. The Morgan fingerprint density at radius 3 is 2.47 bits per heavy atom. The monoisotopic (exact) mass is 450 g/mol. The van der Waals surface area contributed by atoms with Crippen molar-refractivity contribution in [3.05, 3.63) is 87.6 Å². The maximum atomic E-state index is 12.9. The van der Waals surface area contributed by atoms with Crippen molar-refractivity contribution >= 4 is 17.7 Å². The van der Waals surface area contributed by atoms with Gasteiger partial charge in [-0.25, -0.2) is 4.79 Å².